The molecule has 24 heavy (non-hydrogen) atoms. The molecule has 3 aromatic heterocycles. The van der Waals surface area contributed by atoms with Crippen LogP contribution in [0, 0.1) is 0 Å². The highest BCUT2D eigenvalue weighted by Crippen LogP contribution is 2.29. The molecule has 0 unspecified atom stereocenters. The molecule has 0 bridgehead atoms. The summed E-state index contributed by atoms with van der Waals surface area (Å²) in [5, 5.41) is 4.09. The second kappa shape index (κ2) is 5.81. The highest BCUT2D eigenvalue weighted by Gasteiger charge is 2.19. The van der Waals surface area contributed by atoms with Gasteiger partial charge in [-0.25, -0.2) is 18.3 Å². The fourth-order valence-corrected chi connectivity index (χ4v) is 2.60. The molecule has 0 aliphatic carbocycles. The van der Waals surface area contributed by atoms with Crippen molar-refractivity contribution >= 4 is 5.65 Å². The topological polar surface area (TPSA) is 43.1 Å². The molecule has 0 aliphatic heterocycles. The molecule has 0 fully saturated rings. The molecule has 4 rings (SSSR count). The molecular formula is C18H12F2N4. The van der Waals surface area contributed by atoms with Crippen molar-refractivity contribution in [2.24, 2.45) is 0 Å². The van der Waals surface area contributed by atoms with E-state index in [1.807, 2.05) is 36.4 Å². The van der Waals surface area contributed by atoms with Gasteiger partial charge in [-0.3, -0.25) is 4.98 Å². The molecule has 3 heterocycles. The summed E-state index contributed by atoms with van der Waals surface area (Å²) >= 11 is 0. The van der Waals surface area contributed by atoms with Crippen LogP contribution < -0.4 is 0 Å². The van der Waals surface area contributed by atoms with E-state index in [0.717, 1.165) is 5.56 Å². The van der Waals surface area contributed by atoms with Crippen molar-refractivity contribution in [1.29, 1.82) is 0 Å². The molecule has 0 N–H and O–H groups in total. The Labute approximate surface area is 136 Å². The lowest BCUT2D eigenvalue weighted by molar-refractivity contribution is 0.143. The number of pyridine rings is 1. The van der Waals surface area contributed by atoms with Crippen molar-refractivity contribution in [3.8, 4) is 22.5 Å². The number of rotatable bonds is 3. The molecule has 118 valence electrons. The lowest BCUT2D eigenvalue weighted by Gasteiger charge is -2.08. The number of hydrogen-bond acceptors (Lipinski definition) is 3. The summed E-state index contributed by atoms with van der Waals surface area (Å²) in [4.78, 5) is 8.82. The van der Waals surface area contributed by atoms with E-state index < -0.39 is 6.43 Å². The number of nitrogens with zero attached hydrogens (tertiary/aromatic N) is 4. The molecule has 4 aromatic rings. The quantitative estimate of drug-likeness (QED) is 0.561. The van der Waals surface area contributed by atoms with Crippen LogP contribution in [0.3, 0.4) is 0 Å². The molecular weight excluding hydrogens is 310 g/mol. The van der Waals surface area contributed by atoms with E-state index in [2.05, 4.69) is 15.1 Å². The van der Waals surface area contributed by atoms with Crippen molar-refractivity contribution in [2.75, 3.05) is 0 Å². The maximum atomic E-state index is 13.5. The molecule has 1 aromatic carbocycles. The van der Waals surface area contributed by atoms with Gasteiger partial charge in [0.2, 0.25) is 0 Å². The lowest BCUT2D eigenvalue weighted by Crippen LogP contribution is -2.02. The summed E-state index contributed by atoms with van der Waals surface area (Å²) in [7, 11) is 0. The van der Waals surface area contributed by atoms with Gasteiger partial charge in [0.25, 0.3) is 6.43 Å². The Morgan fingerprint density at radius 3 is 2.42 bits per heavy atom. The van der Waals surface area contributed by atoms with E-state index >= 15 is 0 Å². The van der Waals surface area contributed by atoms with Crippen LogP contribution in [-0.2, 0) is 0 Å². The van der Waals surface area contributed by atoms with E-state index in [1.165, 1.54) is 16.8 Å². The zero-order chi connectivity index (χ0) is 16.5. The highest BCUT2D eigenvalue weighted by atomic mass is 19.3. The molecule has 6 heteroatoms. The first-order valence-corrected chi connectivity index (χ1v) is 7.37. The summed E-state index contributed by atoms with van der Waals surface area (Å²) < 4.78 is 28.2. The third-order valence-electron chi connectivity index (χ3n) is 3.73. The normalized spacial score (nSPS) is 11.3. The summed E-state index contributed by atoms with van der Waals surface area (Å²) in [6, 6.07) is 16.0. The van der Waals surface area contributed by atoms with Crippen LogP contribution >= 0.6 is 0 Å². The fourth-order valence-electron chi connectivity index (χ4n) is 2.60. The molecule has 0 saturated heterocycles. The lowest BCUT2D eigenvalue weighted by atomic mass is 10.1. The van der Waals surface area contributed by atoms with Crippen molar-refractivity contribution in [2.45, 2.75) is 6.43 Å². The Kier molecular flexibility index (Phi) is 3.49. The Bertz CT molecular complexity index is 982. The van der Waals surface area contributed by atoms with Gasteiger partial charge in [0.15, 0.2) is 5.65 Å². The molecule has 4 nitrogen and oxygen atoms in total. The van der Waals surface area contributed by atoms with E-state index in [9.17, 15) is 8.78 Å². The van der Waals surface area contributed by atoms with Crippen LogP contribution in [0.4, 0.5) is 8.78 Å². The zero-order valence-corrected chi connectivity index (χ0v) is 12.5. The largest absolute Gasteiger partial charge is 0.280 e. The molecule has 0 atom stereocenters. The first-order chi connectivity index (χ1) is 11.7. The van der Waals surface area contributed by atoms with Gasteiger partial charge in [0.05, 0.1) is 23.1 Å². The summed E-state index contributed by atoms with van der Waals surface area (Å²) in [6.45, 7) is 0. The van der Waals surface area contributed by atoms with Crippen LogP contribution in [0.5, 0.6) is 0 Å². The predicted octanol–water partition coefficient (Wildman–Crippen LogP) is 4.40. The van der Waals surface area contributed by atoms with Crippen LogP contribution in [0.25, 0.3) is 28.2 Å². The zero-order valence-electron chi connectivity index (χ0n) is 12.5. The number of hydrogen-bond donors (Lipinski definition) is 0. The van der Waals surface area contributed by atoms with Crippen LogP contribution in [0.15, 0.2) is 67.0 Å². The molecule has 0 aliphatic rings. The van der Waals surface area contributed by atoms with Gasteiger partial charge in [-0.2, -0.15) is 5.10 Å². The minimum absolute atomic E-state index is 0.193. The van der Waals surface area contributed by atoms with Gasteiger partial charge in [0.1, 0.15) is 5.69 Å². The van der Waals surface area contributed by atoms with Gasteiger partial charge in [-0.05, 0) is 18.2 Å². The average molecular weight is 322 g/mol. The molecule has 0 saturated carbocycles. The Balaban J connectivity index is 2.00. The third kappa shape index (κ3) is 2.42. The number of benzene rings is 1. The fraction of sp³-hybridized carbons (Fsp3) is 0.0556. The Hall–Kier alpha value is -3.15. The van der Waals surface area contributed by atoms with Gasteiger partial charge in [-0.1, -0.05) is 36.4 Å². The number of aromatic nitrogens is 4. The predicted molar refractivity (Wildman–Crippen MR) is 86.6 cm³/mol. The SMILES string of the molecule is FC(F)c1cc(-c2ccccc2)nc2c(-c3ccccn3)cnn12. The van der Waals surface area contributed by atoms with E-state index in [0.29, 0.717) is 22.6 Å². The second-order valence-corrected chi connectivity index (χ2v) is 5.24. The molecule has 0 spiro atoms. The maximum absolute atomic E-state index is 13.5. The monoisotopic (exact) mass is 322 g/mol. The summed E-state index contributed by atoms with van der Waals surface area (Å²) in [5.41, 5.74) is 2.69. The minimum atomic E-state index is -2.66. The van der Waals surface area contributed by atoms with Crippen molar-refractivity contribution < 1.29 is 8.78 Å². The number of alkyl halides is 2. The summed E-state index contributed by atoms with van der Waals surface area (Å²) in [5.74, 6) is 0. The van der Waals surface area contributed by atoms with Gasteiger partial charge < -0.3 is 0 Å². The van der Waals surface area contributed by atoms with Crippen molar-refractivity contribution in [1.82, 2.24) is 19.6 Å². The highest BCUT2D eigenvalue weighted by molar-refractivity contribution is 5.76. The van der Waals surface area contributed by atoms with E-state index in [4.69, 9.17) is 0 Å². The molecule has 0 radical (unpaired) electrons. The third-order valence-corrected chi connectivity index (χ3v) is 3.73. The minimum Gasteiger partial charge on any atom is -0.256 e. The average Bonchev–Trinajstić information content (AvgIpc) is 3.06. The summed E-state index contributed by atoms with van der Waals surface area (Å²) in [6.07, 6.45) is 0.508. The van der Waals surface area contributed by atoms with Crippen LogP contribution in [-0.4, -0.2) is 19.6 Å². The van der Waals surface area contributed by atoms with E-state index in [1.54, 1.807) is 18.3 Å². The van der Waals surface area contributed by atoms with Crippen LogP contribution in [0.1, 0.15) is 12.1 Å². The number of fused-ring (bicyclic) bond motifs is 1. The standard InChI is InChI=1S/C18H12F2N4/c19-17(20)16-10-15(12-6-2-1-3-7-12)23-18-13(11-22-24(16)18)14-8-4-5-9-21-14/h1-11,17H. The van der Waals surface area contributed by atoms with Crippen LogP contribution in [0.2, 0.25) is 0 Å². The first kappa shape index (κ1) is 14.4. The van der Waals surface area contributed by atoms with Gasteiger partial charge in [-0.15, -0.1) is 0 Å². The number of halogens is 2. The van der Waals surface area contributed by atoms with Gasteiger partial charge in [0, 0.05) is 11.8 Å². The second-order valence-electron chi connectivity index (χ2n) is 5.24. The Morgan fingerprint density at radius 2 is 1.71 bits per heavy atom. The van der Waals surface area contributed by atoms with Gasteiger partial charge >= 0.3 is 0 Å². The smallest absolute Gasteiger partial charge is 0.256 e. The first-order valence-electron chi connectivity index (χ1n) is 7.37. The molecule has 0 amide bonds. The maximum Gasteiger partial charge on any atom is 0.280 e. The Morgan fingerprint density at radius 1 is 0.917 bits per heavy atom. The van der Waals surface area contributed by atoms with Crippen molar-refractivity contribution in [3.63, 3.8) is 0 Å². The van der Waals surface area contributed by atoms with Crippen molar-refractivity contribution in [3.05, 3.63) is 72.7 Å². The van der Waals surface area contributed by atoms with E-state index in [-0.39, 0.29) is 5.69 Å².